The summed E-state index contributed by atoms with van der Waals surface area (Å²) < 4.78 is 4.87. The van der Waals surface area contributed by atoms with Crippen molar-refractivity contribution in [2.45, 2.75) is 12.1 Å². The van der Waals surface area contributed by atoms with Gasteiger partial charge in [-0.05, 0) is 11.7 Å². The Kier molecular flexibility index (Phi) is 7.19. The molecule has 3 nitrogen and oxygen atoms in total. The van der Waals surface area contributed by atoms with Crippen LogP contribution in [0.25, 0.3) is 0 Å². The van der Waals surface area contributed by atoms with Crippen molar-refractivity contribution in [3.8, 4) is 0 Å². The van der Waals surface area contributed by atoms with E-state index in [1.807, 2.05) is 30.3 Å². The molecule has 0 aliphatic rings. The van der Waals surface area contributed by atoms with Crippen molar-refractivity contribution in [2.75, 3.05) is 7.11 Å². The third-order valence-electron chi connectivity index (χ3n) is 1.88. The maximum atomic E-state index is 10.4. The van der Waals surface area contributed by atoms with Crippen LogP contribution in [0.1, 0.15) is 11.6 Å². The third-order valence-corrected chi connectivity index (χ3v) is 1.88. The summed E-state index contributed by atoms with van der Waals surface area (Å²) in [4.78, 5) is 10.4. The van der Waals surface area contributed by atoms with Crippen molar-refractivity contribution in [3.05, 3.63) is 35.9 Å². The summed E-state index contributed by atoms with van der Waals surface area (Å²) in [5.41, 5.74) is 6.65. The van der Waals surface area contributed by atoms with Crippen molar-refractivity contribution in [3.63, 3.8) is 0 Å². The monoisotopic (exact) mass is 267 g/mol. The van der Waals surface area contributed by atoms with Gasteiger partial charge >= 0.3 is 0 Å². The van der Waals surface area contributed by atoms with Gasteiger partial charge in [0.1, 0.15) is 0 Å². The summed E-state index contributed by atoms with van der Waals surface area (Å²) in [7, 11) is 1.44. The molecule has 0 amide bonds. The normalized spacial score (nSPS) is 13.9. The molecule has 0 saturated heterocycles. The number of benzene rings is 1. The number of rotatable bonds is 4. The van der Waals surface area contributed by atoms with Crippen LogP contribution in [0.4, 0.5) is 0 Å². The number of hydrogen-bond donors (Lipinski definition) is 1. The van der Waals surface area contributed by atoms with E-state index in [1.165, 1.54) is 7.11 Å². The van der Waals surface area contributed by atoms with Crippen LogP contribution in [-0.4, -0.2) is 19.5 Å². The van der Waals surface area contributed by atoms with Crippen molar-refractivity contribution >= 4 is 6.29 Å². The molecule has 0 spiro atoms. The smallest absolute Gasteiger partial charge is 0.0327 e. The Labute approximate surface area is 109 Å². The van der Waals surface area contributed by atoms with Gasteiger partial charge in [0.05, 0.1) is 0 Å². The standard InChI is InChI=1S/C10H12NO2.Y/c1-13-9(7-12)10(11)8-5-3-2-4-6-8;/h2-6,9-10H,11H2,1H3;/q-1;/t9-,10+;/m0./s1. The molecule has 14 heavy (non-hydrogen) atoms. The summed E-state index contributed by atoms with van der Waals surface area (Å²) in [5, 5.41) is 0. The number of ether oxygens (including phenoxy) is 1. The summed E-state index contributed by atoms with van der Waals surface area (Å²) >= 11 is 0. The second kappa shape index (κ2) is 7.24. The van der Waals surface area contributed by atoms with Crippen LogP contribution in [0, 0.1) is 0 Å². The van der Waals surface area contributed by atoms with E-state index in [1.54, 1.807) is 6.29 Å². The minimum atomic E-state index is -0.692. The molecule has 0 aromatic heterocycles. The molecular formula is C10H12NO2Y-. The van der Waals surface area contributed by atoms with Crippen LogP contribution in [0.2, 0.25) is 0 Å². The maximum absolute atomic E-state index is 10.4. The maximum Gasteiger partial charge on any atom is 0.0327 e. The Balaban J connectivity index is 0.00000169. The SMILES string of the molecule is CO[C@@H]([C-]=O)[C@H](N)c1ccccc1.[Y]. The first-order valence-electron chi connectivity index (χ1n) is 4.00. The molecule has 0 heterocycles. The van der Waals surface area contributed by atoms with Gasteiger partial charge in [-0.2, -0.15) is 0 Å². The van der Waals surface area contributed by atoms with Crippen molar-refractivity contribution in [1.29, 1.82) is 0 Å². The summed E-state index contributed by atoms with van der Waals surface area (Å²) in [6.45, 7) is 0. The van der Waals surface area contributed by atoms with Gasteiger partial charge in [0, 0.05) is 45.9 Å². The minimum Gasteiger partial charge on any atom is -0.539 e. The van der Waals surface area contributed by atoms with E-state index in [4.69, 9.17) is 10.5 Å². The molecule has 0 bridgehead atoms. The average molecular weight is 267 g/mol. The molecule has 1 aromatic carbocycles. The molecule has 1 aromatic rings. The average Bonchev–Trinajstić information content (AvgIpc) is 2.21. The molecule has 0 fully saturated rings. The van der Waals surface area contributed by atoms with E-state index >= 15 is 0 Å². The van der Waals surface area contributed by atoms with Gasteiger partial charge in [-0.3, -0.25) is 0 Å². The molecule has 73 valence electrons. The first kappa shape index (κ1) is 13.9. The Morgan fingerprint density at radius 1 is 1.36 bits per heavy atom. The zero-order valence-corrected chi connectivity index (χ0v) is 10.9. The van der Waals surface area contributed by atoms with Crippen LogP contribution in [0.5, 0.6) is 0 Å². The minimum absolute atomic E-state index is 0. The molecular weight excluding hydrogens is 255 g/mol. The number of nitrogens with two attached hydrogens (primary N) is 1. The predicted octanol–water partition coefficient (Wildman–Crippen LogP) is 0.809. The zero-order valence-electron chi connectivity index (χ0n) is 8.01. The second-order valence-corrected chi connectivity index (χ2v) is 2.71. The molecule has 2 atom stereocenters. The second-order valence-electron chi connectivity index (χ2n) is 2.71. The number of hydrogen-bond acceptors (Lipinski definition) is 3. The molecule has 0 aliphatic heterocycles. The van der Waals surface area contributed by atoms with Crippen LogP contribution >= 0.6 is 0 Å². The van der Waals surface area contributed by atoms with Gasteiger partial charge in [-0.25, -0.2) is 6.29 Å². The molecule has 2 N–H and O–H groups in total. The fourth-order valence-corrected chi connectivity index (χ4v) is 1.12. The molecule has 4 heteroatoms. The van der Waals surface area contributed by atoms with Crippen molar-refractivity contribution < 1.29 is 42.2 Å². The topological polar surface area (TPSA) is 52.3 Å². The molecule has 1 radical (unpaired) electrons. The van der Waals surface area contributed by atoms with E-state index in [0.29, 0.717) is 0 Å². The Morgan fingerprint density at radius 3 is 2.36 bits per heavy atom. The fourth-order valence-electron chi connectivity index (χ4n) is 1.12. The fraction of sp³-hybridized carbons (Fsp3) is 0.300. The molecule has 0 unspecified atom stereocenters. The Morgan fingerprint density at radius 2 is 1.93 bits per heavy atom. The van der Waals surface area contributed by atoms with Gasteiger partial charge < -0.3 is 15.3 Å². The van der Waals surface area contributed by atoms with E-state index in [-0.39, 0.29) is 32.7 Å². The summed E-state index contributed by atoms with van der Waals surface area (Å²) in [5.74, 6) is 0. The van der Waals surface area contributed by atoms with E-state index in [9.17, 15) is 4.79 Å². The van der Waals surface area contributed by atoms with Crippen molar-refractivity contribution in [2.24, 2.45) is 5.73 Å². The Bertz CT molecular complexity index is 266. The number of methoxy groups -OCH3 is 1. The van der Waals surface area contributed by atoms with E-state index in [0.717, 1.165) is 5.56 Å². The predicted molar refractivity (Wildman–Crippen MR) is 49.9 cm³/mol. The first-order valence-corrected chi connectivity index (χ1v) is 4.00. The Hall–Kier alpha value is -0.0861. The molecule has 0 saturated carbocycles. The summed E-state index contributed by atoms with van der Waals surface area (Å²) in [6, 6.07) is 8.90. The number of carbonyl (C=O) groups excluding carboxylic acids is 1. The first-order chi connectivity index (χ1) is 6.29. The van der Waals surface area contributed by atoms with Gasteiger partial charge in [0.25, 0.3) is 0 Å². The van der Waals surface area contributed by atoms with E-state index < -0.39 is 12.1 Å². The molecule has 1 rings (SSSR count). The summed E-state index contributed by atoms with van der Waals surface area (Å²) in [6.07, 6.45) is 1.06. The van der Waals surface area contributed by atoms with Gasteiger partial charge in [0.15, 0.2) is 0 Å². The van der Waals surface area contributed by atoms with Gasteiger partial charge in [-0.1, -0.05) is 30.3 Å². The van der Waals surface area contributed by atoms with Gasteiger partial charge in [0.2, 0.25) is 0 Å². The quantitative estimate of drug-likeness (QED) is 0.821. The van der Waals surface area contributed by atoms with Crippen LogP contribution in [-0.2, 0) is 42.2 Å². The van der Waals surface area contributed by atoms with Crippen molar-refractivity contribution in [1.82, 2.24) is 0 Å². The van der Waals surface area contributed by atoms with Crippen LogP contribution in [0.3, 0.4) is 0 Å². The zero-order chi connectivity index (χ0) is 9.68. The van der Waals surface area contributed by atoms with Crippen LogP contribution < -0.4 is 5.73 Å². The van der Waals surface area contributed by atoms with Crippen LogP contribution in [0.15, 0.2) is 30.3 Å². The largest absolute Gasteiger partial charge is 0.539 e. The van der Waals surface area contributed by atoms with E-state index in [2.05, 4.69) is 0 Å². The third kappa shape index (κ3) is 3.58. The van der Waals surface area contributed by atoms with Gasteiger partial charge in [-0.15, -0.1) is 0 Å². The molecule has 0 aliphatic carbocycles.